The SMILES string of the molecule is CC(CCCl)CCn1ccn(C2CC2)c1=O. The minimum Gasteiger partial charge on any atom is -0.299 e. The van der Waals surface area contributed by atoms with Gasteiger partial charge in [-0.15, -0.1) is 11.6 Å². The van der Waals surface area contributed by atoms with Crippen molar-refractivity contribution in [1.82, 2.24) is 9.13 Å². The molecule has 4 heteroatoms. The second-order valence-electron chi connectivity index (χ2n) is 4.78. The number of aryl methyl sites for hydroxylation is 1. The highest BCUT2D eigenvalue weighted by Gasteiger charge is 2.25. The van der Waals surface area contributed by atoms with Crippen LogP contribution in [0.15, 0.2) is 17.2 Å². The van der Waals surface area contributed by atoms with E-state index in [4.69, 9.17) is 11.6 Å². The summed E-state index contributed by atoms with van der Waals surface area (Å²) in [6.07, 6.45) is 8.21. The smallest absolute Gasteiger partial charge is 0.299 e. The maximum absolute atomic E-state index is 11.9. The molecule has 0 bridgehead atoms. The summed E-state index contributed by atoms with van der Waals surface area (Å²) in [6, 6.07) is 0.481. The van der Waals surface area contributed by atoms with Crippen molar-refractivity contribution in [1.29, 1.82) is 0 Å². The average molecular weight is 243 g/mol. The molecule has 0 aromatic carbocycles. The minimum absolute atomic E-state index is 0.153. The molecule has 3 nitrogen and oxygen atoms in total. The molecule has 1 saturated carbocycles. The molecule has 0 amide bonds. The first-order valence-corrected chi connectivity index (χ1v) is 6.59. The van der Waals surface area contributed by atoms with Crippen molar-refractivity contribution in [2.24, 2.45) is 5.92 Å². The van der Waals surface area contributed by atoms with E-state index in [0.717, 1.165) is 32.2 Å². The van der Waals surface area contributed by atoms with Gasteiger partial charge >= 0.3 is 5.69 Å². The molecule has 1 heterocycles. The van der Waals surface area contributed by atoms with Gasteiger partial charge in [-0.25, -0.2) is 4.79 Å². The second-order valence-corrected chi connectivity index (χ2v) is 5.16. The van der Waals surface area contributed by atoms with Crippen LogP contribution < -0.4 is 5.69 Å². The highest BCUT2D eigenvalue weighted by Crippen LogP contribution is 2.33. The van der Waals surface area contributed by atoms with Gasteiger partial charge in [-0.1, -0.05) is 6.92 Å². The zero-order valence-electron chi connectivity index (χ0n) is 9.73. The van der Waals surface area contributed by atoms with E-state index in [2.05, 4.69) is 6.92 Å². The molecule has 2 rings (SSSR count). The predicted octanol–water partition coefficient (Wildman–Crippen LogP) is 2.64. The molecule has 0 saturated heterocycles. The Balaban J connectivity index is 1.92. The fourth-order valence-corrected chi connectivity index (χ4v) is 2.29. The molecule has 1 unspecified atom stereocenters. The molecule has 1 atom stereocenters. The molecule has 1 aromatic heterocycles. The third-order valence-electron chi connectivity index (χ3n) is 3.28. The van der Waals surface area contributed by atoms with Crippen molar-refractivity contribution in [3.63, 3.8) is 0 Å². The van der Waals surface area contributed by atoms with Gasteiger partial charge in [0.1, 0.15) is 0 Å². The van der Waals surface area contributed by atoms with Crippen LogP contribution in [0.4, 0.5) is 0 Å². The number of hydrogen-bond donors (Lipinski definition) is 0. The summed E-state index contributed by atoms with van der Waals surface area (Å²) in [5.74, 6) is 1.30. The first kappa shape index (κ1) is 11.8. The maximum atomic E-state index is 11.9. The van der Waals surface area contributed by atoms with E-state index in [1.165, 1.54) is 0 Å². The number of imidazole rings is 1. The molecule has 1 aliphatic carbocycles. The predicted molar refractivity (Wildman–Crippen MR) is 66.1 cm³/mol. The van der Waals surface area contributed by atoms with Crippen molar-refractivity contribution in [2.75, 3.05) is 5.88 Å². The Kier molecular flexibility index (Phi) is 3.74. The van der Waals surface area contributed by atoms with E-state index in [9.17, 15) is 4.79 Å². The van der Waals surface area contributed by atoms with Gasteiger partial charge in [0.25, 0.3) is 0 Å². The van der Waals surface area contributed by atoms with E-state index in [0.29, 0.717) is 17.8 Å². The van der Waals surface area contributed by atoms with Gasteiger partial charge in [0.15, 0.2) is 0 Å². The largest absolute Gasteiger partial charge is 0.328 e. The number of hydrogen-bond acceptors (Lipinski definition) is 1. The van der Waals surface area contributed by atoms with Crippen LogP contribution >= 0.6 is 11.6 Å². The average Bonchev–Trinajstić information content (AvgIpc) is 3.02. The number of halogens is 1. The van der Waals surface area contributed by atoms with Crippen LogP contribution in [0.2, 0.25) is 0 Å². The van der Waals surface area contributed by atoms with Crippen LogP contribution in [-0.4, -0.2) is 15.0 Å². The molecule has 1 fully saturated rings. The van der Waals surface area contributed by atoms with Crippen LogP contribution in [0.3, 0.4) is 0 Å². The lowest BCUT2D eigenvalue weighted by Gasteiger charge is -2.08. The lowest BCUT2D eigenvalue weighted by molar-refractivity contribution is 0.461. The summed E-state index contributed by atoms with van der Waals surface area (Å²) in [6.45, 7) is 3.00. The van der Waals surface area contributed by atoms with E-state index in [-0.39, 0.29) is 5.69 Å². The molecular weight excluding hydrogens is 224 g/mol. The molecule has 0 spiro atoms. The summed E-state index contributed by atoms with van der Waals surface area (Å²) in [7, 11) is 0. The first-order chi connectivity index (χ1) is 7.72. The van der Waals surface area contributed by atoms with Crippen molar-refractivity contribution < 1.29 is 0 Å². The monoisotopic (exact) mass is 242 g/mol. The molecule has 1 aromatic rings. The second kappa shape index (κ2) is 5.09. The highest BCUT2D eigenvalue weighted by atomic mass is 35.5. The van der Waals surface area contributed by atoms with E-state index >= 15 is 0 Å². The lowest BCUT2D eigenvalue weighted by atomic mass is 10.1. The van der Waals surface area contributed by atoms with Gasteiger partial charge in [0, 0.05) is 30.9 Å². The fourth-order valence-electron chi connectivity index (χ4n) is 1.92. The molecule has 0 radical (unpaired) electrons. The Morgan fingerprint density at radius 1 is 1.44 bits per heavy atom. The standard InChI is InChI=1S/C12H19ClN2O/c1-10(4-6-13)5-7-14-8-9-15(12(14)16)11-2-3-11/h8-11H,2-7H2,1H3. The van der Waals surface area contributed by atoms with E-state index < -0.39 is 0 Å². The molecule has 16 heavy (non-hydrogen) atoms. The third-order valence-corrected chi connectivity index (χ3v) is 3.50. The normalized spacial score (nSPS) is 17.6. The Hall–Kier alpha value is -0.700. The van der Waals surface area contributed by atoms with Crippen molar-refractivity contribution >= 4 is 11.6 Å². The Labute approximate surface area is 101 Å². The number of aromatic nitrogens is 2. The van der Waals surface area contributed by atoms with Gasteiger partial charge in [0.2, 0.25) is 0 Å². The summed E-state index contributed by atoms with van der Waals surface area (Å²) in [5, 5.41) is 0. The number of alkyl halides is 1. The summed E-state index contributed by atoms with van der Waals surface area (Å²) in [5.41, 5.74) is 0.153. The van der Waals surface area contributed by atoms with Gasteiger partial charge in [-0.2, -0.15) is 0 Å². The molecular formula is C12H19ClN2O. The number of nitrogens with zero attached hydrogens (tertiary/aromatic N) is 2. The zero-order valence-corrected chi connectivity index (χ0v) is 10.5. The van der Waals surface area contributed by atoms with E-state index in [1.54, 1.807) is 0 Å². The Morgan fingerprint density at radius 3 is 2.81 bits per heavy atom. The van der Waals surface area contributed by atoms with Crippen LogP contribution in [-0.2, 0) is 6.54 Å². The van der Waals surface area contributed by atoms with Crippen LogP contribution in [0.5, 0.6) is 0 Å². The summed E-state index contributed by atoms with van der Waals surface area (Å²) < 4.78 is 3.69. The van der Waals surface area contributed by atoms with Crippen molar-refractivity contribution in [3.8, 4) is 0 Å². The maximum Gasteiger partial charge on any atom is 0.328 e. The minimum atomic E-state index is 0.153. The first-order valence-electron chi connectivity index (χ1n) is 6.05. The van der Waals surface area contributed by atoms with Crippen LogP contribution in [0.1, 0.15) is 38.6 Å². The highest BCUT2D eigenvalue weighted by molar-refractivity contribution is 6.17. The molecule has 0 N–H and O–H groups in total. The third kappa shape index (κ3) is 2.70. The summed E-state index contributed by atoms with van der Waals surface area (Å²) >= 11 is 5.69. The van der Waals surface area contributed by atoms with Gasteiger partial charge < -0.3 is 0 Å². The lowest BCUT2D eigenvalue weighted by Crippen LogP contribution is -2.24. The molecule has 90 valence electrons. The van der Waals surface area contributed by atoms with E-state index in [1.807, 2.05) is 21.5 Å². The van der Waals surface area contributed by atoms with Crippen LogP contribution in [0.25, 0.3) is 0 Å². The molecule has 0 aliphatic heterocycles. The van der Waals surface area contributed by atoms with Crippen LogP contribution in [0, 0.1) is 5.92 Å². The van der Waals surface area contributed by atoms with Gasteiger partial charge in [-0.05, 0) is 31.6 Å². The Morgan fingerprint density at radius 2 is 2.19 bits per heavy atom. The topological polar surface area (TPSA) is 26.9 Å². The Bertz CT molecular complexity index is 392. The van der Waals surface area contributed by atoms with Crippen molar-refractivity contribution in [3.05, 3.63) is 22.9 Å². The quantitative estimate of drug-likeness (QED) is 0.705. The van der Waals surface area contributed by atoms with Gasteiger partial charge in [-0.3, -0.25) is 9.13 Å². The fraction of sp³-hybridized carbons (Fsp3) is 0.750. The summed E-state index contributed by atoms with van der Waals surface area (Å²) in [4.78, 5) is 11.9. The molecule has 1 aliphatic rings. The van der Waals surface area contributed by atoms with Gasteiger partial charge in [0.05, 0.1) is 0 Å². The zero-order chi connectivity index (χ0) is 11.5. The number of rotatable bonds is 6. The van der Waals surface area contributed by atoms with Crippen molar-refractivity contribution in [2.45, 2.75) is 45.2 Å².